The molecule has 1 atom stereocenters. The average molecular weight is 246 g/mol. The number of aliphatic hydroxyl groups is 1. The van der Waals surface area contributed by atoms with Crippen molar-refractivity contribution in [2.75, 3.05) is 19.5 Å². The second kappa shape index (κ2) is 11.9. The Morgan fingerprint density at radius 1 is 0.875 bits per heavy atom. The standard InChI is InChI=1S/C14H31OP/c1-4-5-6-7-8-9-10-11-12-14(15)13-16(2)3/h14-15H,4-13H2,1-3H3. The van der Waals surface area contributed by atoms with E-state index in [1.165, 1.54) is 51.4 Å². The Morgan fingerprint density at radius 2 is 1.38 bits per heavy atom. The maximum atomic E-state index is 9.71. The molecule has 1 unspecified atom stereocenters. The van der Waals surface area contributed by atoms with Crippen LogP contribution in [0.5, 0.6) is 0 Å². The van der Waals surface area contributed by atoms with E-state index in [1.54, 1.807) is 0 Å². The van der Waals surface area contributed by atoms with Crippen molar-refractivity contribution < 1.29 is 5.11 Å². The molecule has 0 spiro atoms. The summed E-state index contributed by atoms with van der Waals surface area (Å²) in [6.45, 7) is 6.75. The SMILES string of the molecule is CCCCCCCCCCC(O)CP(C)C. The monoisotopic (exact) mass is 246 g/mol. The summed E-state index contributed by atoms with van der Waals surface area (Å²) in [5.74, 6) is 0. The van der Waals surface area contributed by atoms with E-state index in [2.05, 4.69) is 20.3 Å². The van der Waals surface area contributed by atoms with Crippen LogP contribution in [0, 0.1) is 0 Å². The molecule has 0 amide bonds. The van der Waals surface area contributed by atoms with Gasteiger partial charge in [-0.2, -0.15) is 0 Å². The molecule has 2 heteroatoms. The number of hydrogen-bond donors (Lipinski definition) is 1. The van der Waals surface area contributed by atoms with Crippen molar-refractivity contribution in [3.8, 4) is 0 Å². The van der Waals surface area contributed by atoms with Gasteiger partial charge in [0.05, 0.1) is 6.10 Å². The summed E-state index contributed by atoms with van der Waals surface area (Å²) in [4.78, 5) is 0. The molecule has 0 aliphatic heterocycles. The third kappa shape index (κ3) is 12.5. The molecule has 1 nitrogen and oxygen atoms in total. The van der Waals surface area contributed by atoms with Crippen molar-refractivity contribution in [2.45, 2.75) is 70.8 Å². The Balaban J connectivity index is 3.08. The molecule has 16 heavy (non-hydrogen) atoms. The van der Waals surface area contributed by atoms with Crippen LogP contribution < -0.4 is 0 Å². The summed E-state index contributed by atoms with van der Waals surface area (Å²) < 4.78 is 0. The molecule has 0 saturated heterocycles. The Labute approximate surface area is 104 Å². The smallest absolute Gasteiger partial charge is 0.0579 e. The van der Waals surface area contributed by atoms with Crippen LogP contribution in [0.25, 0.3) is 0 Å². The minimum Gasteiger partial charge on any atom is -0.393 e. The molecule has 0 rings (SSSR count). The Kier molecular flexibility index (Phi) is 12.2. The van der Waals surface area contributed by atoms with E-state index >= 15 is 0 Å². The molecule has 0 aromatic carbocycles. The van der Waals surface area contributed by atoms with E-state index in [9.17, 15) is 5.11 Å². The fourth-order valence-electron chi connectivity index (χ4n) is 2.03. The summed E-state index contributed by atoms with van der Waals surface area (Å²) >= 11 is 0. The van der Waals surface area contributed by atoms with Crippen molar-refractivity contribution in [3.63, 3.8) is 0 Å². The normalized spacial score (nSPS) is 13.3. The zero-order chi connectivity index (χ0) is 12.2. The summed E-state index contributed by atoms with van der Waals surface area (Å²) in [6.07, 6.45) is 12.9. The lowest BCUT2D eigenvalue weighted by atomic mass is 10.1. The van der Waals surface area contributed by atoms with Crippen LogP contribution in [0.2, 0.25) is 0 Å². The van der Waals surface area contributed by atoms with Crippen LogP contribution in [0.3, 0.4) is 0 Å². The molecule has 0 bridgehead atoms. The highest BCUT2D eigenvalue weighted by Crippen LogP contribution is 2.26. The van der Waals surface area contributed by atoms with Crippen molar-refractivity contribution in [1.82, 2.24) is 0 Å². The van der Waals surface area contributed by atoms with Crippen LogP contribution in [0.1, 0.15) is 64.7 Å². The van der Waals surface area contributed by atoms with Crippen molar-refractivity contribution in [2.24, 2.45) is 0 Å². The topological polar surface area (TPSA) is 20.2 Å². The van der Waals surface area contributed by atoms with E-state index in [0.29, 0.717) is 0 Å². The zero-order valence-electron chi connectivity index (χ0n) is 11.5. The number of rotatable bonds is 11. The van der Waals surface area contributed by atoms with Gasteiger partial charge < -0.3 is 5.11 Å². The molecule has 1 N–H and O–H groups in total. The van der Waals surface area contributed by atoms with Gasteiger partial charge in [-0.15, -0.1) is 7.92 Å². The van der Waals surface area contributed by atoms with Crippen molar-refractivity contribution in [1.29, 1.82) is 0 Å². The Hall–Kier alpha value is 0.390. The fraction of sp³-hybridized carbons (Fsp3) is 1.00. The van der Waals surface area contributed by atoms with Crippen LogP contribution in [-0.4, -0.2) is 30.7 Å². The van der Waals surface area contributed by atoms with Crippen LogP contribution in [0.4, 0.5) is 0 Å². The van der Waals surface area contributed by atoms with E-state index in [-0.39, 0.29) is 14.0 Å². The van der Waals surface area contributed by atoms with Gasteiger partial charge in [0.25, 0.3) is 0 Å². The van der Waals surface area contributed by atoms with Gasteiger partial charge in [-0.25, -0.2) is 0 Å². The fourth-order valence-corrected chi connectivity index (χ4v) is 3.05. The lowest BCUT2D eigenvalue weighted by Crippen LogP contribution is -2.10. The highest BCUT2D eigenvalue weighted by atomic mass is 31.1. The molecular weight excluding hydrogens is 215 g/mol. The van der Waals surface area contributed by atoms with Crippen LogP contribution >= 0.6 is 7.92 Å². The highest BCUT2D eigenvalue weighted by Gasteiger charge is 2.05. The van der Waals surface area contributed by atoms with Crippen LogP contribution in [-0.2, 0) is 0 Å². The Bertz CT molecular complexity index is 137. The number of unbranched alkanes of at least 4 members (excludes halogenated alkanes) is 7. The predicted molar refractivity (Wildman–Crippen MR) is 76.9 cm³/mol. The maximum Gasteiger partial charge on any atom is 0.0579 e. The van der Waals surface area contributed by atoms with Gasteiger partial charge in [-0.1, -0.05) is 58.3 Å². The van der Waals surface area contributed by atoms with Gasteiger partial charge in [-0.3, -0.25) is 0 Å². The first-order chi connectivity index (χ1) is 7.66. The summed E-state index contributed by atoms with van der Waals surface area (Å²) in [5.41, 5.74) is 0. The molecule has 0 heterocycles. The van der Waals surface area contributed by atoms with Crippen molar-refractivity contribution in [3.05, 3.63) is 0 Å². The number of aliphatic hydroxyl groups excluding tert-OH is 1. The van der Waals surface area contributed by atoms with E-state index in [1.807, 2.05) is 0 Å². The molecule has 0 saturated carbocycles. The number of hydrogen-bond acceptors (Lipinski definition) is 1. The molecule has 98 valence electrons. The highest BCUT2D eigenvalue weighted by molar-refractivity contribution is 7.56. The first-order valence-corrected chi connectivity index (χ1v) is 9.41. The van der Waals surface area contributed by atoms with Gasteiger partial charge in [-0.05, 0) is 25.9 Å². The van der Waals surface area contributed by atoms with E-state index in [4.69, 9.17) is 0 Å². The average Bonchev–Trinajstić information content (AvgIpc) is 2.21. The third-order valence-electron chi connectivity index (χ3n) is 2.97. The van der Waals surface area contributed by atoms with Crippen LogP contribution in [0.15, 0.2) is 0 Å². The molecular formula is C14H31OP. The molecule has 0 aliphatic rings. The molecule has 0 aromatic rings. The lowest BCUT2D eigenvalue weighted by molar-refractivity contribution is 0.184. The van der Waals surface area contributed by atoms with E-state index < -0.39 is 0 Å². The molecule has 0 fully saturated rings. The van der Waals surface area contributed by atoms with Gasteiger partial charge in [0.15, 0.2) is 0 Å². The minimum atomic E-state index is -0.0267. The first-order valence-electron chi connectivity index (χ1n) is 6.99. The first kappa shape index (κ1) is 16.4. The largest absolute Gasteiger partial charge is 0.393 e. The summed E-state index contributed by atoms with van der Waals surface area (Å²) in [6, 6.07) is 0. The molecule has 0 radical (unpaired) electrons. The van der Waals surface area contributed by atoms with Crippen molar-refractivity contribution >= 4 is 7.92 Å². The van der Waals surface area contributed by atoms with Gasteiger partial charge in [0, 0.05) is 0 Å². The van der Waals surface area contributed by atoms with Gasteiger partial charge in [0.2, 0.25) is 0 Å². The second-order valence-corrected chi connectivity index (χ2v) is 7.70. The minimum absolute atomic E-state index is 0.0267. The maximum absolute atomic E-state index is 9.71. The van der Waals surface area contributed by atoms with Gasteiger partial charge in [0.1, 0.15) is 0 Å². The quantitative estimate of drug-likeness (QED) is 0.416. The molecule has 0 aliphatic carbocycles. The summed E-state index contributed by atoms with van der Waals surface area (Å²) in [5, 5.41) is 9.71. The second-order valence-electron chi connectivity index (χ2n) is 5.18. The third-order valence-corrected chi connectivity index (χ3v) is 4.12. The van der Waals surface area contributed by atoms with E-state index in [0.717, 1.165) is 12.6 Å². The lowest BCUT2D eigenvalue weighted by Gasteiger charge is -2.12. The Morgan fingerprint density at radius 3 is 1.88 bits per heavy atom. The zero-order valence-corrected chi connectivity index (χ0v) is 12.4. The molecule has 0 aromatic heterocycles. The summed E-state index contributed by atoms with van der Waals surface area (Å²) in [7, 11) is 0.0756. The predicted octanol–water partition coefficient (Wildman–Crippen LogP) is 4.62. The van der Waals surface area contributed by atoms with Gasteiger partial charge >= 0.3 is 0 Å².